The number of carbonyl (C=O) groups excluding carboxylic acids is 2. The molecule has 0 aliphatic carbocycles. The number of carbonyl (C=O) groups is 2. The maximum atomic E-state index is 12.7. The molecule has 0 aromatic heterocycles. The Kier molecular flexibility index (Phi) is 8.53. The Balaban J connectivity index is 1.41. The average molecular weight is 561 g/mol. The van der Waals surface area contributed by atoms with Crippen LogP contribution in [0.25, 0.3) is 10.8 Å². The molecule has 0 spiro atoms. The number of benzene rings is 4. The van der Waals surface area contributed by atoms with Crippen LogP contribution in [-0.2, 0) is 4.79 Å². The maximum Gasteiger partial charge on any atom is 0.343 e. The second-order valence-electron chi connectivity index (χ2n) is 8.00. The van der Waals surface area contributed by atoms with E-state index in [2.05, 4.69) is 26.5 Å². The van der Waals surface area contributed by atoms with Crippen LogP contribution in [0.4, 0.5) is 0 Å². The van der Waals surface area contributed by atoms with Crippen molar-refractivity contribution in [2.24, 2.45) is 5.10 Å². The van der Waals surface area contributed by atoms with Crippen LogP contribution in [0.5, 0.6) is 17.2 Å². The van der Waals surface area contributed by atoms with Gasteiger partial charge in [0.25, 0.3) is 5.91 Å². The number of nitrogens with zero attached hydrogens (tertiary/aromatic N) is 1. The molecular formula is C29H25BrN2O5. The monoisotopic (exact) mass is 560 g/mol. The van der Waals surface area contributed by atoms with Gasteiger partial charge in [0.15, 0.2) is 6.10 Å². The Bertz CT molecular complexity index is 1430. The predicted octanol–water partition coefficient (Wildman–Crippen LogP) is 6.14. The lowest BCUT2D eigenvalue weighted by molar-refractivity contribution is -0.127. The van der Waals surface area contributed by atoms with E-state index in [1.165, 1.54) is 6.21 Å². The Labute approximate surface area is 223 Å². The molecule has 0 aliphatic rings. The van der Waals surface area contributed by atoms with Crippen molar-refractivity contribution in [3.05, 3.63) is 101 Å². The predicted molar refractivity (Wildman–Crippen MR) is 146 cm³/mol. The number of amides is 1. The van der Waals surface area contributed by atoms with E-state index in [1.807, 2.05) is 49.4 Å². The molecule has 0 fully saturated rings. The van der Waals surface area contributed by atoms with Crippen LogP contribution in [0.2, 0.25) is 0 Å². The van der Waals surface area contributed by atoms with E-state index in [1.54, 1.807) is 49.4 Å². The van der Waals surface area contributed by atoms with Gasteiger partial charge in [-0.3, -0.25) is 4.79 Å². The fourth-order valence-electron chi connectivity index (χ4n) is 3.52. The number of hydrogen-bond acceptors (Lipinski definition) is 6. The number of esters is 1. The highest BCUT2D eigenvalue weighted by Crippen LogP contribution is 2.26. The number of nitrogens with one attached hydrogen (secondary N) is 1. The third-order valence-electron chi connectivity index (χ3n) is 5.38. The summed E-state index contributed by atoms with van der Waals surface area (Å²) in [6.07, 6.45) is 0.621. The minimum Gasteiger partial charge on any atom is -0.494 e. The highest BCUT2D eigenvalue weighted by atomic mass is 79.9. The van der Waals surface area contributed by atoms with E-state index in [0.717, 1.165) is 15.2 Å². The van der Waals surface area contributed by atoms with Crippen molar-refractivity contribution in [3.8, 4) is 17.2 Å². The lowest BCUT2D eigenvalue weighted by Crippen LogP contribution is -2.33. The summed E-state index contributed by atoms with van der Waals surface area (Å²) in [5, 5.41) is 5.99. The first-order valence-corrected chi connectivity index (χ1v) is 12.5. The molecule has 0 bridgehead atoms. The summed E-state index contributed by atoms with van der Waals surface area (Å²) in [5.41, 5.74) is 3.36. The van der Waals surface area contributed by atoms with Crippen molar-refractivity contribution < 1.29 is 23.8 Å². The Morgan fingerprint density at radius 2 is 1.73 bits per heavy atom. The van der Waals surface area contributed by atoms with E-state index in [9.17, 15) is 9.59 Å². The Morgan fingerprint density at radius 3 is 2.51 bits per heavy atom. The molecular weight excluding hydrogens is 536 g/mol. The smallest absolute Gasteiger partial charge is 0.343 e. The third kappa shape index (κ3) is 6.74. The van der Waals surface area contributed by atoms with Crippen molar-refractivity contribution in [1.29, 1.82) is 0 Å². The molecule has 188 valence electrons. The number of hydrazone groups is 1. The Hall–Kier alpha value is -4.17. The molecule has 4 aromatic carbocycles. The minimum atomic E-state index is -0.789. The highest BCUT2D eigenvalue weighted by molar-refractivity contribution is 9.10. The van der Waals surface area contributed by atoms with Gasteiger partial charge in [0, 0.05) is 15.4 Å². The number of halogens is 1. The van der Waals surface area contributed by atoms with Crippen LogP contribution in [0.1, 0.15) is 29.8 Å². The second-order valence-corrected chi connectivity index (χ2v) is 8.92. The summed E-state index contributed by atoms with van der Waals surface area (Å²) in [6.45, 7) is 4.08. The summed E-state index contributed by atoms with van der Waals surface area (Å²) in [4.78, 5) is 25.3. The van der Waals surface area contributed by atoms with E-state index >= 15 is 0 Å². The molecule has 1 amide bonds. The molecule has 0 saturated carbocycles. The topological polar surface area (TPSA) is 86.2 Å². The summed E-state index contributed by atoms with van der Waals surface area (Å²) < 4.78 is 17.6. The van der Waals surface area contributed by atoms with Gasteiger partial charge in [-0.25, -0.2) is 10.2 Å². The van der Waals surface area contributed by atoms with Crippen LogP contribution in [0.3, 0.4) is 0 Å². The molecule has 7 nitrogen and oxygen atoms in total. The van der Waals surface area contributed by atoms with Crippen LogP contribution in [-0.4, -0.2) is 30.8 Å². The standard InChI is InChI=1S/C29H25BrN2O5/c1-3-35-24-14-11-21(12-15-24)29(34)37-26-16-13-23(30)17-22(26)18-31-32-28(33)19(2)36-27-10-6-8-20-7-4-5-9-25(20)27/h4-19H,3H2,1-2H3,(H,32,33). The van der Waals surface area contributed by atoms with Gasteiger partial charge in [-0.1, -0.05) is 52.3 Å². The van der Waals surface area contributed by atoms with Crippen molar-refractivity contribution in [3.63, 3.8) is 0 Å². The van der Waals surface area contributed by atoms with Crippen molar-refractivity contribution in [1.82, 2.24) is 5.43 Å². The van der Waals surface area contributed by atoms with Gasteiger partial charge in [-0.15, -0.1) is 0 Å². The molecule has 1 atom stereocenters. The molecule has 8 heteroatoms. The van der Waals surface area contributed by atoms with Crippen LogP contribution >= 0.6 is 15.9 Å². The summed E-state index contributed by atoms with van der Waals surface area (Å²) in [7, 11) is 0. The normalized spacial score (nSPS) is 11.8. The first-order chi connectivity index (χ1) is 17.9. The third-order valence-corrected chi connectivity index (χ3v) is 5.87. The van der Waals surface area contributed by atoms with E-state index in [4.69, 9.17) is 14.2 Å². The molecule has 0 heterocycles. The number of rotatable bonds is 9. The fraction of sp³-hybridized carbons (Fsp3) is 0.138. The van der Waals surface area contributed by atoms with Crippen LogP contribution in [0, 0.1) is 0 Å². The zero-order chi connectivity index (χ0) is 26.2. The van der Waals surface area contributed by atoms with Gasteiger partial charge in [-0.05, 0) is 67.8 Å². The SMILES string of the molecule is CCOc1ccc(C(=O)Oc2ccc(Br)cc2C=NNC(=O)C(C)Oc2cccc3ccccc23)cc1. The molecule has 0 aliphatic heterocycles. The van der Waals surface area contributed by atoms with E-state index in [0.29, 0.717) is 35.0 Å². The zero-order valence-corrected chi connectivity index (χ0v) is 21.9. The largest absolute Gasteiger partial charge is 0.494 e. The van der Waals surface area contributed by atoms with Gasteiger partial charge in [0.2, 0.25) is 0 Å². The Morgan fingerprint density at radius 1 is 0.973 bits per heavy atom. The van der Waals surface area contributed by atoms with Crippen molar-refractivity contribution in [2.75, 3.05) is 6.61 Å². The first-order valence-electron chi connectivity index (χ1n) is 11.7. The lowest BCUT2D eigenvalue weighted by Gasteiger charge is -2.14. The van der Waals surface area contributed by atoms with E-state index < -0.39 is 18.0 Å². The van der Waals surface area contributed by atoms with Gasteiger partial charge in [0.05, 0.1) is 18.4 Å². The van der Waals surface area contributed by atoms with Crippen LogP contribution < -0.4 is 19.6 Å². The summed E-state index contributed by atoms with van der Waals surface area (Å²) in [6, 6.07) is 25.3. The van der Waals surface area contributed by atoms with Crippen molar-refractivity contribution in [2.45, 2.75) is 20.0 Å². The molecule has 4 rings (SSSR count). The van der Waals surface area contributed by atoms with Crippen molar-refractivity contribution >= 4 is 44.8 Å². The number of ether oxygens (including phenoxy) is 3. The van der Waals surface area contributed by atoms with Gasteiger partial charge < -0.3 is 14.2 Å². The lowest BCUT2D eigenvalue weighted by atomic mass is 10.1. The van der Waals surface area contributed by atoms with Gasteiger partial charge in [0.1, 0.15) is 17.2 Å². The van der Waals surface area contributed by atoms with Gasteiger partial charge >= 0.3 is 5.97 Å². The maximum absolute atomic E-state index is 12.7. The molecule has 1 unspecified atom stereocenters. The first kappa shape index (κ1) is 25.9. The zero-order valence-electron chi connectivity index (χ0n) is 20.3. The second kappa shape index (κ2) is 12.2. The number of hydrogen-bond donors (Lipinski definition) is 1. The highest BCUT2D eigenvalue weighted by Gasteiger charge is 2.16. The quantitative estimate of drug-likeness (QED) is 0.115. The average Bonchev–Trinajstić information content (AvgIpc) is 2.91. The molecule has 1 N–H and O–H groups in total. The van der Waals surface area contributed by atoms with Crippen LogP contribution in [0.15, 0.2) is 94.5 Å². The molecule has 37 heavy (non-hydrogen) atoms. The summed E-state index contributed by atoms with van der Waals surface area (Å²) >= 11 is 3.41. The fourth-order valence-corrected chi connectivity index (χ4v) is 3.90. The van der Waals surface area contributed by atoms with E-state index in [-0.39, 0.29) is 0 Å². The van der Waals surface area contributed by atoms with Gasteiger partial charge in [-0.2, -0.15) is 5.10 Å². The molecule has 0 saturated heterocycles. The minimum absolute atomic E-state index is 0.292. The molecule has 4 aromatic rings. The summed E-state index contributed by atoms with van der Waals surface area (Å²) in [5.74, 6) is 0.624. The number of fused-ring (bicyclic) bond motifs is 1. The molecule has 0 radical (unpaired) electrons.